The second-order valence-corrected chi connectivity index (χ2v) is 10.1. The molecule has 0 spiro atoms. The van der Waals surface area contributed by atoms with Gasteiger partial charge < -0.3 is 0 Å². The largest absolute Gasteiger partial charge is 0.250 e. The van der Waals surface area contributed by atoms with E-state index in [1.54, 1.807) is 18.3 Å². The zero-order chi connectivity index (χ0) is 21.9. The molecule has 0 bridgehead atoms. The Labute approximate surface area is 180 Å². The van der Waals surface area contributed by atoms with E-state index in [1.807, 2.05) is 32.0 Å². The summed E-state index contributed by atoms with van der Waals surface area (Å²) in [6.07, 6.45) is 2.83. The summed E-state index contributed by atoms with van der Waals surface area (Å²) in [6, 6.07) is 11.7. The molecule has 0 N–H and O–H groups in total. The quantitative estimate of drug-likeness (QED) is 0.498. The van der Waals surface area contributed by atoms with E-state index < -0.39 is 10.0 Å². The maximum atomic E-state index is 13.5. The third-order valence-electron chi connectivity index (χ3n) is 4.47. The molecule has 0 amide bonds. The molecule has 3 aromatic rings. The lowest BCUT2D eigenvalue weighted by molar-refractivity contribution is 0.599. The minimum absolute atomic E-state index is 0.0261. The average molecular weight is 447 g/mol. The summed E-state index contributed by atoms with van der Waals surface area (Å²) < 4.78 is 38.7. The molecule has 0 aliphatic rings. The monoisotopic (exact) mass is 446 g/mol. The van der Waals surface area contributed by atoms with Gasteiger partial charge in [0.15, 0.2) is 0 Å². The first-order valence-electron chi connectivity index (χ1n) is 9.31. The van der Waals surface area contributed by atoms with E-state index >= 15 is 0 Å². The molecule has 3 rings (SSSR count). The van der Waals surface area contributed by atoms with E-state index in [2.05, 4.69) is 15.0 Å². The standard InChI is InChI=1S/C21H23FN4O2S2/c1-14(2)19-17(13-29-18-7-5-6-12-23-18)20(15-8-10-16(22)11-9-15)25-21(24-19)26(3)30(4,27)28/h5-12,14H,13H2,1-4H3. The minimum atomic E-state index is -3.54. The van der Waals surface area contributed by atoms with Gasteiger partial charge in [-0.1, -0.05) is 19.9 Å². The van der Waals surface area contributed by atoms with E-state index in [9.17, 15) is 12.8 Å². The molecular weight excluding hydrogens is 423 g/mol. The maximum absolute atomic E-state index is 13.5. The molecule has 0 atom stereocenters. The van der Waals surface area contributed by atoms with Crippen molar-refractivity contribution in [2.24, 2.45) is 0 Å². The SMILES string of the molecule is CC(C)c1nc(N(C)S(C)(=O)=O)nc(-c2ccc(F)cc2)c1CSc1ccccn1. The van der Waals surface area contributed by atoms with Gasteiger partial charge in [-0.2, -0.15) is 0 Å². The molecule has 0 aliphatic carbocycles. The fourth-order valence-electron chi connectivity index (χ4n) is 2.82. The molecule has 0 saturated carbocycles. The number of hydrogen-bond acceptors (Lipinski definition) is 6. The Balaban J connectivity index is 2.17. The van der Waals surface area contributed by atoms with Crippen LogP contribution in [0.3, 0.4) is 0 Å². The van der Waals surface area contributed by atoms with Crippen LogP contribution in [0.5, 0.6) is 0 Å². The number of aromatic nitrogens is 3. The summed E-state index contributed by atoms with van der Waals surface area (Å²) >= 11 is 1.54. The molecule has 2 aromatic heterocycles. The van der Waals surface area contributed by atoms with Crippen LogP contribution in [0.15, 0.2) is 53.7 Å². The van der Waals surface area contributed by atoms with Crippen LogP contribution < -0.4 is 4.31 Å². The van der Waals surface area contributed by atoms with Crippen molar-refractivity contribution < 1.29 is 12.8 Å². The highest BCUT2D eigenvalue weighted by Gasteiger charge is 2.23. The number of nitrogens with zero attached hydrogens (tertiary/aromatic N) is 4. The predicted molar refractivity (Wildman–Crippen MR) is 119 cm³/mol. The minimum Gasteiger partial charge on any atom is -0.250 e. The molecule has 6 nitrogen and oxygen atoms in total. The van der Waals surface area contributed by atoms with E-state index in [-0.39, 0.29) is 17.7 Å². The molecule has 0 radical (unpaired) electrons. The number of sulfonamides is 1. The Hall–Kier alpha value is -2.52. The number of hydrogen-bond donors (Lipinski definition) is 0. The van der Waals surface area contributed by atoms with Crippen LogP contribution in [-0.2, 0) is 15.8 Å². The lowest BCUT2D eigenvalue weighted by Crippen LogP contribution is -2.27. The van der Waals surface area contributed by atoms with Crippen molar-refractivity contribution in [1.29, 1.82) is 0 Å². The molecule has 9 heteroatoms. The van der Waals surface area contributed by atoms with Crippen molar-refractivity contribution in [3.63, 3.8) is 0 Å². The van der Waals surface area contributed by atoms with Gasteiger partial charge in [-0.3, -0.25) is 0 Å². The van der Waals surface area contributed by atoms with Crippen LogP contribution in [0.2, 0.25) is 0 Å². The maximum Gasteiger partial charge on any atom is 0.239 e. The Bertz CT molecular complexity index is 1120. The van der Waals surface area contributed by atoms with Crippen molar-refractivity contribution in [2.45, 2.75) is 30.5 Å². The third-order valence-corrected chi connectivity index (χ3v) is 6.60. The van der Waals surface area contributed by atoms with Gasteiger partial charge in [0.2, 0.25) is 16.0 Å². The Morgan fingerprint density at radius 2 is 1.80 bits per heavy atom. The number of halogens is 1. The molecule has 30 heavy (non-hydrogen) atoms. The number of rotatable bonds is 7. The number of anilines is 1. The lowest BCUT2D eigenvalue weighted by Gasteiger charge is -2.21. The van der Waals surface area contributed by atoms with Gasteiger partial charge in [0.25, 0.3) is 0 Å². The zero-order valence-electron chi connectivity index (χ0n) is 17.2. The van der Waals surface area contributed by atoms with Crippen molar-refractivity contribution >= 4 is 27.7 Å². The van der Waals surface area contributed by atoms with Crippen LogP contribution in [0.4, 0.5) is 10.3 Å². The van der Waals surface area contributed by atoms with Crippen molar-refractivity contribution in [3.8, 4) is 11.3 Å². The summed E-state index contributed by atoms with van der Waals surface area (Å²) in [5, 5.41) is 0.856. The predicted octanol–water partition coefficient (Wildman–Crippen LogP) is 4.49. The summed E-state index contributed by atoms with van der Waals surface area (Å²) in [4.78, 5) is 13.5. The first-order chi connectivity index (χ1) is 14.2. The third kappa shape index (κ3) is 5.14. The summed E-state index contributed by atoms with van der Waals surface area (Å²) in [6.45, 7) is 3.99. The molecule has 0 saturated heterocycles. The van der Waals surface area contributed by atoms with Crippen LogP contribution >= 0.6 is 11.8 Å². The van der Waals surface area contributed by atoms with E-state index in [1.165, 1.54) is 30.9 Å². The zero-order valence-corrected chi connectivity index (χ0v) is 18.8. The van der Waals surface area contributed by atoms with E-state index in [0.29, 0.717) is 17.0 Å². The summed E-state index contributed by atoms with van der Waals surface area (Å²) in [5.41, 5.74) is 2.90. The lowest BCUT2D eigenvalue weighted by atomic mass is 9.99. The molecule has 1 aromatic carbocycles. The molecule has 2 heterocycles. The number of benzene rings is 1. The smallest absolute Gasteiger partial charge is 0.239 e. The van der Waals surface area contributed by atoms with Crippen LogP contribution in [-0.4, -0.2) is 36.7 Å². The van der Waals surface area contributed by atoms with Gasteiger partial charge in [-0.05, 0) is 42.3 Å². The van der Waals surface area contributed by atoms with E-state index in [4.69, 9.17) is 0 Å². The molecule has 158 valence electrons. The van der Waals surface area contributed by atoms with Crippen molar-refractivity contribution in [3.05, 3.63) is 65.7 Å². The fraction of sp³-hybridized carbons (Fsp3) is 0.286. The first-order valence-corrected chi connectivity index (χ1v) is 12.1. The Morgan fingerprint density at radius 1 is 1.10 bits per heavy atom. The van der Waals surface area contributed by atoms with E-state index in [0.717, 1.165) is 26.8 Å². The topological polar surface area (TPSA) is 76.1 Å². The summed E-state index contributed by atoms with van der Waals surface area (Å²) in [7, 11) is -2.12. The number of pyridine rings is 1. The Kier molecular flexibility index (Phi) is 6.72. The van der Waals surface area contributed by atoms with Gasteiger partial charge in [0.05, 0.1) is 22.7 Å². The van der Waals surface area contributed by atoms with Crippen molar-refractivity contribution in [2.75, 3.05) is 17.6 Å². The average Bonchev–Trinajstić information content (AvgIpc) is 2.71. The molecule has 0 fully saturated rings. The van der Waals surface area contributed by atoms with Gasteiger partial charge in [0, 0.05) is 30.1 Å². The van der Waals surface area contributed by atoms with Crippen LogP contribution in [0, 0.1) is 5.82 Å². The van der Waals surface area contributed by atoms with Gasteiger partial charge in [-0.15, -0.1) is 11.8 Å². The second kappa shape index (κ2) is 9.09. The molecular formula is C21H23FN4O2S2. The van der Waals surface area contributed by atoms with Crippen LogP contribution in [0.25, 0.3) is 11.3 Å². The highest BCUT2D eigenvalue weighted by atomic mass is 32.2. The number of thioether (sulfide) groups is 1. The van der Waals surface area contributed by atoms with Gasteiger partial charge in [0.1, 0.15) is 5.82 Å². The molecule has 0 aliphatic heterocycles. The highest BCUT2D eigenvalue weighted by Crippen LogP contribution is 2.34. The fourth-order valence-corrected chi connectivity index (χ4v) is 4.09. The normalized spacial score (nSPS) is 11.7. The summed E-state index contributed by atoms with van der Waals surface area (Å²) in [5.74, 6) is 0.306. The second-order valence-electron chi connectivity index (χ2n) is 7.08. The van der Waals surface area contributed by atoms with Gasteiger partial charge in [-0.25, -0.2) is 32.1 Å². The highest BCUT2D eigenvalue weighted by molar-refractivity contribution is 7.98. The molecule has 0 unspecified atom stereocenters. The first kappa shape index (κ1) is 22.2. The van der Waals surface area contributed by atoms with Crippen LogP contribution in [0.1, 0.15) is 31.0 Å². The van der Waals surface area contributed by atoms with Crippen molar-refractivity contribution in [1.82, 2.24) is 15.0 Å². The Morgan fingerprint density at radius 3 is 2.37 bits per heavy atom. The van der Waals surface area contributed by atoms with Gasteiger partial charge >= 0.3 is 0 Å².